The molecular weight excluding hydrogens is 507 g/mol. The highest BCUT2D eigenvalue weighted by molar-refractivity contribution is 6.68. The van der Waals surface area contributed by atoms with Crippen molar-refractivity contribution in [2.24, 2.45) is 0 Å². The Kier molecular flexibility index (Phi) is 5.39. The van der Waals surface area contributed by atoms with Crippen LogP contribution in [-0.2, 0) is 0 Å². The third kappa shape index (κ3) is 3.37. The van der Waals surface area contributed by atoms with Crippen molar-refractivity contribution in [3.05, 3.63) is 93.0 Å². The molecule has 0 aliphatic carbocycles. The average Bonchev–Trinajstić information content (AvgIpc) is 3.24. The van der Waals surface area contributed by atoms with Crippen molar-refractivity contribution in [2.45, 2.75) is 13.8 Å². The molecule has 178 valence electrons. The molecule has 10 heteroatoms. The van der Waals surface area contributed by atoms with Gasteiger partial charge in [-0.2, -0.15) is 0 Å². The van der Waals surface area contributed by atoms with Crippen molar-refractivity contribution in [1.29, 1.82) is 0 Å². The second-order valence-electron chi connectivity index (χ2n) is 8.38. The van der Waals surface area contributed by atoms with Crippen LogP contribution in [0.4, 0.5) is 11.4 Å². The predicted molar refractivity (Wildman–Crippen MR) is 131 cm³/mol. The summed E-state index contributed by atoms with van der Waals surface area (Å²) in [4.78, 5) is 77.4. The van der Waals surface area contributed by atoms with E-state index in [9.17, 15) is 28.8 Å². The van der Waals surface area contributed by atoms with Crippen molar-refractivity contribution < 1.29 is 28.8 Å². The van der Waals surface area contributed by atoms with Gasteiger partial charge in [0.25, 0.3) is 34.1 Å². The van der Waals surface area contributed by atoms with Crippen molar-refractivity contribution in [2.75, 3.05) is 9.80 Å². The van der Waals surface area contributed by atoms with Crippen LogP contribution < -0.4 is 9.80 Å². The summed E-state index contributed by atoms with van der Waals surface area (Å²) in [6.45, 7) is 3.27. The molecule has 0 bridgehead atoms. The minimum absolute atomic E-state index is 0.0534. The summed E-state index contributed by atoms with van der Waals surface area (Å²) in [5, 5.41) is -1.51. The molecule has 0 saturated carbocycles. The summed E-state index contributed by atoms with van der Waals surface area (Å²) in [7, 11) is 0. The number of carbonyl (C=O) groups excluding carboxylic acids is 6. The van der Waals surface area contributed by atoms with E-state index in [1.165, 1.54) is 48.5 Å². The Morgan fingerprint density at radius 1 is 0.556 bits per heavy atom. The van der Waals surface area contributed by atoms with Gasteiger partial charge in [0.1, 0.15) is 0 Å². The first-order chi connectivity index (χ1) is 17.0. The van der Waals surface area contributed by atoms with E-state index in [1.54, 1.807) is 13.8 Å². The molecule has 0 fully saturated rings. The zero-order valence-electron chi connectivity index (χ0n) is 18.7. The summed E-state index contributed by atoms with van der Waals surface area (Å²) >= 11 is 11.0. The molecule has 0 spiro atoms. The molecule has 2 aliphatic rings. The van der Waals surface area contributed by atoms with Gasteiger partial charge in [-0.3, -0.25) is 28.8 Å². The molecule has 0 N–H and O–H groups in total. The monoisotopic (exact) mass is 520 g/mol. The molecule has 3 aromatic carbocycles. The number of benzene rings is 3. The molecule has 0 radical (unpaired) electrons. The Hall–Kier alpha value is -4.14. The number of imide groups is 2. The second-order valence-corrected chi connectivity index (χ2v) is 9.07. The summed E-state index contributed by atoms with van der Waals surface area (Å²) < 4.78 is 0. The fourth-order valence-electron chi connectivity index (χ4n) is 4.43. The number of nitrogens with zero attached hydrogens (tertiary/aromatic N) is 2. The number of rotatable bonds is 4. The quantitative estimate of drug-likeness (QED) is 0.365. The molecule has 0 aromatic heterocycles. The summed E-state index contributed by atoms with van der Waals surface area (Å²) in [6.07, 6.45) is 0. The molecular formula is C26H14Cl2N2O6. The molecule has 0 unspecified atom stereocenters. The van der Waals surface area contributed by atoms with Gasteiger partial charge in [-0.1, -0.05) is 0 Å². The van der Waals surface area contributed by atoms with E-state index in [4.69, 9.17) is 23.2 Å². The van der Waals surface area contributed by atoms with Gasteiger partial charge in [-0.05, 0) is 96.7 Å². The smallest absolute Gasteiger partial charge is 0.266 e. The van der Waals surface area contributed by atoms with Crippen LogP contribution in [0.5, 0.6) is 0 Å². The lowest BCUT2D eigenvalue weighted by molar-refractivity contribution is 0.0909. The lowest BCUT2D eigenvalue weighted by Gasteiger charge is -2.22. The standard InChI is InChI=1S/C26H14Cl2N2O6/c1-11-7-20(30-24(34)16-6-4-14(22(28)32)10-18(16)26(30)36)12(2)8-19(11)29-23(33)15-5-3-13(21(27)31)9-17(15)25(29)35/h3-10H,1-2H3. The van der Waals surface area contributed by atoms with Crippen LogP contribution in [0, 0.1) is 13.8 Å². The van der Waals surface area contributed by atoms with E-state index in [-0.39, 0.29) is 44.8 Å². The Bertz CT molecular complexity index is 1490. The molecule has 5 rings (SSSR count). The predicted octanol–water partition coefficient (Wildman–Crippen LogP) is 4.66. The minimum Gasteiger partial charge on any atom is -0.276 e. The van der Waals surface area contributed by atoms with Crippen LogP contribution in [0.1, 0.15) is 73.3 Å². The Morgan fingerprint density at radius 3 is 1.22 bits per heavy atom. The molecule has 2 heterocycles. The van der Waals surface area contributed by atoms with Crippen LogP contribution in [0.25, 0.3) is 0 Å². The van der Waals surface area contributed by atoms with Gasteiger partial charge in [0.2, 0.25) is 0 Å². The number of halogens is 2. The molecule has 36 heavy (non-hydrogen) atoms. The van der Waals surface area contributed by atoms with Gasteiger partial charge >= 0.3 is 0 Å². The number of hydrogen-bond donors (Lipinski definition) is 0. The highest BCUT2D eigenvalue weighted by Crippen LogP contribution is 2.38. The first-order valence-electron chi connectivity index (χ1n) is 10.6. The fourth-order valence-corrected chi connectivity index (χ4v) is 4.67. The number of aryl methyl sites for hydroxylation is 2. The molecule has 2 aliphatic heterocycles. The molecule has 0 saturated heterocycles. The van der Waals surface area contributed by atoms with E-state index in [0.29, 0.717) is 11.1 Å². The zero-order chi connectivity index (χ0) is 26.0. The second kappa shape index (κ2) is 8.22. The number of anilines is 2. The Balaban J connectivity index is 1.54. The van der Waals surface area contributed by atoms with E-state index in [0.717, 1.165) is 9.80 Å². The van der Waals surface area contributed by atoms with E-state index in [2.05, 4.69) is 0 Å². The van der Waals surface area contributed by atoms with Gasteiger partial charge in [-0.25, -0.2) is 9.80 Å². The summed E-state index contributed by atoms with van der Waals surface area (Å²) in [6, 6.07) is 11.1. The van der Waals surface area contributed by atoms with Crippen molar-refractivity contribution >= 4 is 68.7 Å². The number of carbonyl (C=O) groups is 6. The highest BCUT2D eigenvalue weighted by Gasteiger charge is 2.40. The molecule has 8 nitrogen and oxygen atoms in total. The average molecular weight is 521 g/mol. The van der Waals surface area contributed by atoms with Gasteiger partial charge in [0, 0.05) is 11.1 Å². The van der Waals surface area contributed by atoms with Gasteiger partial charge in [-0.15, -0.1) is 0 Å². The van der Waals surface area contributed by atoms with E-state index >= 15 is 0 Å². The summed E-state index contributed by atoms with van der Waals surface area (Å²) in [5.74, 6) is -2.39. The van der Waals surface area contributed by atoms with Crippen LogP contribution in [0.15, 0.2) is 48.5 Å². The van der Waals surface area contributed by atoms with Gasteiger partial charge in [0.15, 0.2) is 0 Å². The zero-order valence-corrected chi connectivity index (χ0v) is 20.2. The Labute approximate surface area is 214 Å². The van der Waals surface area contributed by atoms with Gasteiger partial charge < -0.3 is 0 Å². The van der Waals surface area contributed by atoms with Crippen molar-refractivity contribution in [1.82, 2.24) is 0 Å². The SMILES string of the molecule is Cc1cc(N2C(=O)c3ccc(C(=O)Cl)cc3C2=O)c(C)cc1N1C(=O)c2ccc(C(=O)Cl)cc2C1=O. The lowest BCUT2D eigenvalue weighted by atomic mass is 10.1. The summed E-state index contributed by atoms with van der Waals surface area (Å²) in [5.41, 5.74) is 1.99. The van der Waals surface area contributed by atoms with E-state index in [1.807, 2.05) is 0 Å². The number of fused-ring (bicyclic) bond motifs is 2. The number of hydrogen-bond acceptors (Lipinski definition) is 6. The maximum absolute atomic E-state index is 13.1. The maximum Gasteiger partial charge on any atom is 0.266 e. The van der Waals surface area contributed by atoms with Crippen LogP contribution in [-0.4, -0.2) is 34.1 Å². The largest absolute Gasteiger partial charge is 0.276 e. The minimum atomic E-state index is -0.753. The highest BCUT2D eigenvalue weighted by atomic mass is 35.5. The number of amides is 4. The first-order valence-corrected chi connectivity index (χ1v) is 11.3. The normalized spacial score (nSPS) is 14.4. The maximum atomic E-state index is 13.1. The van der Waals surface area contributed by atoms with Crippen LogP contribution in [0.3, 0.4) is 0 Å². The van der Waals surface area contributed by atoms with Crippen molar-refractivity contribution in [3.63, 3.8) is 0 Å². The van der Waals surface area contributed by atoms with E-state index < -0.39 is 34.1 Å². The molecule has 3 aromatic rings. The fraction of sp³-hybridized carbons (Fsp3) is 0.0769. The van der Waals surface area contributed by atoms with Crippen LogP contribution in [0.2, 0.25) is 0 Å². The lowest BCUT2D eigenvalue weighted by Crippen LogP contribution is -2.32. The third-order valence-corrected chi connectivity index (χ3v) is 6.66. The van der Waals surface area contributed by atoms with Crippen LogP contribution >= 0.6 is 23.2 Å². The first kappa shape index (κ1) is 23.6. The molecule has 0 atom stereocenters. The molecule has 4 amide bonds. The topological polar surface area (TPSA) is 109 Å². The third-order valence-electron chi connectivity index (χ3n) is 6.22. The Morgan fingerprint density at radius 2 is 0.889 bits per heavy atom. The van der Waals surface area contributed by atoms with Crippen molar-refractivity contribution in [3.8, 4) is 0 Å². The van der Waals surface area contributed by atoms with Gasteiger partial charge in [0.05, 0.1) is 33.6 Å².